The fraction of sp³-hybridized carbons (Fsp3) is 0.188. The first kappa shape index (κ1) is 11.8. The number of para-hydroxylation sites is 1. The maximum absolute atomic E-state index is 5.91. The third kappa shape index (κ3) is 2.60. The van der Waals surface area contributed by atoms with Crippen molar-refractivity contribution in [3.05, 3.63) is 59.9 Å². The predicted molar refractivity (Wildman–Crippen MR) is 79.0 cm³/mol. The van der Waals surface area contributed by atoms with E-state index in [0.29, 0.717) is 0 Å². The molecule has 19 heavy (non-hydrogen) atoms. The van der Waals surface area contributed by atoms with Crippen LogP contribution in [0.2, 0.25) is 0 Å². The topological polar surface area (TPSA) is 54.7 Å². The fourth-order valence-corrected chi connectivity index (χ4v) is 2.33. The van der Waals surface area contributed by atoms with Gasteiger partial charge in [0.05, 0.1) is 11.2 Å². The minimum absolute atomic E-state index is 0.739. The Kier molecular flexibility index (Phi) is 3.19. The molecule has 0 atom stereocenters. The number of nitrogens with one attached hydrogen (secondary N) is 1. The average molecular weight is 251 g/mol. The Morgan fingerprint density at radius 3 is 2.58 bits per heavy atom. The van der Waals surface area contributed by atoms with Gasteiger partial charge in [0, 0.05) is 6.42 Å². The van der Waals surface area contributed by atoms with Crippen LogP contribution in [0.3, 0.4) is 0 Å². The van der Waals surface area contributed by atoms with E-state index in [2.05, 4.69) is 34.2 Å². The number of aromatic nitrogens is 2. The molecule has 1 heterocycles. The maximum Gasteiger partial charge on any atom is 0.111 e. The first-order valence-corrected chi connectivity index (χ1v) is 6.60. The van der Waals surface area contributed by atoms with Crippen molar-refractivity contribution in [3.8, 4) is 0 Å². The van der Waals surface area contributed by atoms with Crippen LogP contribution in [0.4, 0.5) is 5.69 Å². The molecule has 3 heteroatoms. The van der Waals surface area contributed by atoms with E-state index in [1.165, 1.54) is 5.56 Å². The normalized spacial score (nSPS) is 10.9. The first-order chi connectivity index (χ1) is 9.33. The number of hydrogen-bond donors (Lipinski definition) is 2. The summed E-state index contributed by atoms with van der Waals surface area (Å²) in [5, 5.41) is 0. The highest BCUT2D eigenvalue weighted by atomic mass is 14.9. The Labute approximate surface area is 112 Å². The van der Waals surface area contributed by atoms with Crippen LogP contribution in [0.5, 0.6) is 0 Å². The third-order valence-corrected chi connectivity index (χ3v) is 3.31. The van der Waals surface area contributed by atoms with Gasteiger partial charge >= 0.3 is 0 Å². The summed E-state index contributed by atoms with van der Waals surface area (Å²) in [6.07, 6.45) is 3.11. The third-order valence-electron chi connectivity index (χ3n) is 3.31. The van der Waals surface area contributed by atoms with Gasteiger partial charge in [0.2, 0.25) is 0 Å². The van der Waals surface area contributed by atoms with Crippen molar-refractivity contribution < 1.29 is 0 Å². The molecule has 2 aromatic carbocycles. The van der Waals surface area contributed by atoms with Crippen LogP contribution in [0.15, 0.2) is 48.5 Å². The molecule has 0 aliphatic heterocycles. The Hall–Kier alpha value is -2.29. The molecular formula is C16H17N3. The van der Waals surface area contributed by atoms with Gasteiger partial charge in [-0.15, -0.1) is 0 Å². The minimum Gasteiger partial charge on any atom is -0.397 e. The Bertz CT molecular complexity index is 671. The molecule has 3 N–H and O–H groups in total. The van der Waals surface area contributed by atoms with Crippen LogP contribution >= 0.6 is 0 Å². The lowest BCUT2D eigenvalue weighted by Crippen LogP contribution is -1.92. The lowest BCUT2D eigenvalue weighted by Gasteiger charge is -1.99. The number of aromatic amines is 1. The summed E-state index contributed by atoms with van der Waals surface area (Å²) in [7, 11) is 0. The van der Waals surface area contributed by atoms with Crippen LogP contribution in [0.1, 0.15) is 17.8 Å². The Balaban J connectivity index is 1.67. The quantitative estimate of drug-likeness (QED) is 0.699. The van der Waals surface area contributed by atoms with Crippen LogP contribution in [0.25, 0.3) is 11.0 Å². The van der Waals surface area contributed by atoms with E-state index >= 15 is 0 Å². The summed E-state index contributed by atoms with van der Waals surface area (Å²) in [5.74, 6) is 1.02. The molecule has 0 spiro atoms. The number of nitrogen functional groups attached to an aromatic ring is 1. The predicted octanol–water partition coefficient (Wildman–Crippen LogP) is 3.32. The van der Waals surface area contributed by atoms with E-state index in [1.807, 2.05) is 24.3 Å². The zero-order valence-corrected chi connectivity index (χ0v) is 10.8. The minimum atomic E-state index is 0.739. The van der Waals surface area contributed by atoms with E-state index in [-0.39, 0.29) is 0 Å². The van der Waals surface area contributed by atoms with E-state index in [1.54, 1.807) is 0 Å². The average Bonchev–Trinajstić information content (AvgIpc) is 2.84. The highest BCUT2D eigenvalue weighted by molar-refractivity contribution is 5.86. The van der Waals surface area contributed by atoms with E-state index in [4.69, 9.17) is 5.73 Å². The summed E-state index contributed by atoms with van der Waals surface area (Å²) in [5.41, 5.74) is 9.93. The zero-order valence-electron chi connectivity index (χ0n) is 10.8. The number of nitrogens with two attached hydrogens (primary N) is 1. The van der Waals surface area contributed by atoms with E-state index < -0.39 is 0 Å². The maximum atomic E-state index is 5.91. The Morgan fingerprint density at radius 2 is 1.79 bits per heavy atom. The van der Waals surface area contributed by atoms with Gasteiger partial charge in [-0.25, -0.2) is 4.98 Å². The van der Waals surface area contributed by atoms with Gasteiger partial charge in [-0.3, -0.25) is 0 Å². The first-order valence-electron chi connectivity index (χ1n) is 6.60. The number of H-pyrrole nitrogens is 1. The van der Waals surface area contributed by atoms with Crippen molar-refractivity contribution in [2.24, 2.45) is 0 Å². The number of imidazole rings is 1. The lowest BCUT2D eigenvalue weighted by atomic mass is 10.1. The number of fused-ring (bicyclic) bond motifs is 1. The second-order valence-electron chi connectivity index (χ2n) is 4.77. The molecule has 0 bridgehead atoms. The molecule has 0 saturated heterocycles. The van der Waals surface area contributed by atoms with Crippen molar-refractivity contribution in [1.29, 1.82) is 0 Å². The SMILES string of the molecule is Nc1cccc2[nH]c(CCCc3ccccc3)nc12. The van der Waals surface area contributed by atoms with Crippen LogP contribution < -0.4 is 5.73 Å². The van der Waals surface area contributed by atoms with Gasteiger partial charge in [-0.1, -0.05) is 36.4 Å². The van der Waals surface area contributed by atoms with Crippen LogP contribution in [0, 0.1) is 0 Å². The smallest absolute Gasteiger partial charge is 0.111 e. The Morgan fingerprint density at radius 1 is 0.947 bits per heavy atom. The summed E-state index contributed by atoms with van der Waals surface area (Å²) < 4.78 is 0. The molecule has 0 aliphatic rings. The molecule has 0 fully saturated rings. The highest BCUT2D eigenvalue weighted by Crippen LogP contribution is 2.18. The van der Waals surface area contributed by atoms with Crippen LogP contribution in [-0.4, -0.2) is 9.97 Å². The van der Waals surface area contributed by atoms with E-state index in [9.17, 15) is 0 Å². The lowest BCUT2D eigenvalue weighted by molar-refractivity contribution is 0.786. The van der Waals surface area contributed by atoms with E-state index in [0.717, 1.165) is 41.8 Å². The van der Waals surface area contributed by atoms with Crippen molar-refractivity contribution in [3.63, 3.8) is 0 Å². The molecule has 1 aromatic heterocycles. The number of anilines is 1. The molecule has 0 aliphatic carbocycles. The van der Waals surface area contributed by atoms with Crippen LogP contribution in [-0.2, 0) is 12.8 Å². The molecule has 0 amide bonds. The van der Waals surface area contributed by atoms with Gasteiger partial charge in [0.1, 0.15) is 11.3 Å². The number of hydrogen-bond acceptors (Lipinski definition) is 2. The fourth-order valence-electron chi connectivity index (χ4n) is 2.33. The summed E-state index contributed by atoms with van der Waals surface area (Å²) >= 11 is 0. The van der Waals surface area contributed by atoms with Gasteiger partial charge < -0.3 is 10.7 Å². The summed E-state index contributed by atoms with van der Waals surface area (Å²) in [6, 6.07) is 16.4. The molecule has 3 nitrogen and oxygen atoms in total. The summed E-state index contributed by atoms with van der Waals surface area (Å²) in [4.78, 5) is 7.89. The van der Waals surface area contributed by atoms with Crippen molar-refractivity contribution >= 4 is 16.7 Å². The highest BCUT2D eigenvalue weighted by Gasteiger charge is 2.04. The monoisotopic (exact) mass is 251 g/mol. The molecule has 3 aromatic rings. The number of nitrogens with zero attached hydrogens (tertiary/aromatic N) is 1. The van der Waals surface area contributed by atoms with Gasteiger partial charge in [0.15, 0.2) is 0 Å². The second kappa shape index (κ2) is 5.14. The summed E-state index contributed by atoms with van der Waals surface area (Å²) in [6.45, 7) is 0. The van der Waals surface area contributed by atoms with Gasteiger partial charge in [-0.2, -0.15) is 0 Å². The molecule has 0 radical (unpaired) electrons. The number of benzene rings is 2. The molecule has 0 unspecified atom stereocenters. The molecular weight excluding hydrogens is 234 g/mol. The number of aryl methyl sites for hydroxylation is 2. The zero-order chi connectivity index (χ0) is 13.1. The van der Waals surface area contributed by atoms with Crippen molar-refractivity contribution in [2.45, 2.75) is 19.3 Å². The molecule has 96 valence electrons. The standard InChI is InChI=1S/C16H17N3/c17-13-9-5-10-14-16(13)19-15(18-14)11-4-8-12-6-2-1-3-7-12/h1-3,5-7,9-10H,4,8,11,17H2,(H,18,19). The van der Waals surface area contributed by atoms with Gasteiger partial charge in [-0.05, 0) is 30.5 Å². The largest absolute Gasteiger partial charge is 0.397 e. The molecule has 3 rings (SSSR count). The van der Waals surface area contributed by atoms with Crippen molar-refractivity contribution in [2.75, 3.05) is 5.73 Å². The van der Waals surface area contributed by atoms with Crippen molar-refractivity contribution in [1.82, 2.24) is 9.97 Å². The second-order valence-corrected chi connectivity index (χ2v) is 4.77. The van der Waals surface area contributed by atoms with Gasteiger partial charge in [0.25, 0.3) is 0 Å². The molecule has 0 saturated carbocycles. The number of rotatable bonds is 4.